The van der Waals surface area contributed by atoms with Crippen molar-refractivity contribution in [2.24, 2.45) is 0 Å². The van der Waals surface area contributed by atoms with Gasteiger partial charge < -0.3 is 10.4 Å². The van der Waals surface area contributed by atoms with E-state index in [1.165, 1.54) is 30.0 Å². The van der Waals surface area contributed by atoms with Crippen molar-refractivity contribution in [2.45, 2.75) is 24.4 Å². The van der Waals surface area contributed by atoms with Crippen molar-refractivity contribution < 1.29 is 27.9 Å². The summed E-state index contributed by atoms with van der Waals surface area (Å²) in [5.74, 6) is -2.65. The zero-order valence-electron chi connectivity index (χ0n) is 11.3. The Morgan fingerprint density at radius 1 is 1.33 bits per heavy atom. The Hall–Kier alpha value is -1.70. The van der Waals surface area contributed by atoms with Crippen molar-refractivity contribution >= 4 is 23.6 Å². The Morgan fingerprint density at radius 3 is 2.43 bits per heavy atom. The third-order valence-corrected chi connectivity index (χ3v) is 3.48. The quantitative estimate of drug-likeness (QED) is 0.875. The van der Waals surface area contributed by atoms with E-state index in [1.807, 2.05) is 6.26 Å². The Morgan fingerprint density at radius 2 is 1.95 bits per heavy atom. The number of alkyl halides is 3. The van der Waals surface area contributed by atoms with E-state index in [1.54, 1.807) is 11.4 Å². The largest absolute Gasteiger partial charge is 0.479 e. The average molecular weight is 321 g/mol. The van der Waals surface area contributed by atoms with Gasteiger partial charge in [0.25, 0.3) is 5.91 Å². The number of carbonyl (C=O) groups excluding carboxylic acids is 1. The van der Waals surface area contributed by atoms with E-state index in [4.69, 9.17) is 5.11 Å². The molecule has 0 spiro atoms. The van der Waals surface area contributed by atoms with Gasteiger partial charge in [0, 0.05) is 11.3 Å². The highest BCUT2D eigenvalue weighted by Gasteiger charge is 2.58. The lowest BCUT2D eigenvalue weighted by atomic mass is 10.0. The first-order valence-electron chi connectivity index (χ1n) is 5.82. The van der Waals surface area contributed by atoms with Crippen LogP contribution in [0, 0.1) is 0 Å². The van der Waals surface area contributed by atoms with Crippen molar-refractivity contribution in [2.75, 3.05) is 6.26 Å². The smallest absolute Gasteiger partial charge is 0.422 e. The SMILES string of the molecule is CSCc1cccc(C(=O)NC(C)(C(=O)O)C(F)(F)F)c1. The number of amides is 1. The topological polar surface area (TPSA) is 66.4 Å². The first-order valence-corrected chi connectivity index (χ1v) is 7.21. The van der Waals surface area contributed by atoms with Crippen molar-refractivity contribution in [3.8, 4) is 0 Å². The molecule has 116 valence electrons. The molecule has 1 unspecified atom stereocenters. The van der Waals surface area contributed by atoms with Crippen LogP contribution in [0.25, 0.3) is 0 Å². The van der Waals surface area contributed by atoms with Crippen LogP contribution in [0.15, 0.2) is 24.3 Å². The minimum absolute atomic E-state index is 0.0155. The molecule has 0 aliphatic rings. The summed E-state index contributed by atoms with van der Waals surface area (Å²) in [6, 6.07) is 6.03. The number of carboxylic acid groups (broad SMARTS) is 1. The first-order chi connectivity index (χ1) is 9.61. The predicted molar refractivity (Wildman–Crippen MR) is 73.2 cm³/mol. The highest BCUT2D eigenvalue weighted by Crippen LogP contribution is 2.30. The number of rotatable bonds is 5. The van der Waals surface area contributed by atoms with Crippen molar-refractivity contribution in [1.29, 1.82) is 0 Å². The minimum Gasteiger partial charge on any atom is -0.479 e. The minimum atomic E-state index is -5.11. The second-order valence-corrected chi connectivity index (χ2v) is 5.38. The molecule has 0 saturated heterocycles. The molecule has 1 amide bonds. The van der Waals surface area contributed by atoms with E-state index in [-0.39, 0.29) is 5.56 Å². The molecule has 0 aliphatic carbocycles. The zero-order valence-corrected chi connectivity index (χ0v) is 12.1. The highest BCUT2D eigenvalue weighted by molar-refractivity contribution is 7.97. The van der Waals surface area contributed by atoms with Crippen LogP contribution in [0.5, 0.6) is 0 Å². The van der Waals surface area contributed by atoms with Crippen LogP contribution in [0.1, 0.15) is 22.8 Å². The summed E-state index contributed by atoms with van der Waals surface area (Å²) in [7, 11) is 0. The normalized spacial score (nSPS) is 14.3. The van der Waals surface area contributed by atoms with Crippen LogP contribution in [0.3, 0.4) is 0 Å². The Kier molecular flexibility index (Phi) is 5.27. The maximum Gasteiger partial charge on any atom is 0.422 e. The molecule has 4 nitrogen and oxygen atoms in total. The molecule has 0 aliphatic heterocycles. The van der Waals surface area contributed by atoms with Gasteiger partial charge in [0.05, 0.1) is 0 Å². The lowest BCUT2D eigenvalue weighted by Crippen LogP contribution is -2.61. The van der Waals surface area contributed by atoms with Gasteiger partial charge in [0.15, 0.2) is 0 Å². The maximum absolute atomic E-state index is 12.8. The lowest BCUT2D eigenvalue weighted by Gasteiger charge is -2.28. The van der Waals surface area contributed by atoms with Gasteiger partial charge in [-0.2, -0.15) is 24.9 Å². The summed E-state index contributed by atoms with van der Waals surface area (Å²) in [5.41, 5.74) is -2.59. The summed E-state index contributed by atoms with van der Waals surface area (Å²) in [4.78, 5) is 22.8. The van der Waals surface area contributed by atoms with Gasteiger partial charge in [0.2, 0.25) is 5.54 Å². The zero-order chi connectivity index (χ0) is 16.3. The number of nitrogens with one attached hydrogen (secondary N) is 1. The maximum atomic E-state index is 12.8. The second kappa shape index (κ2) is 6.38. The Balaban J connectivity index is 3.03. The Labute approximate surface area is 123 Å². The van der Waals surface area contributed by atoms with Crippen LogP contribution < -0.4 is 5.32 Å². The van der Waals surface area contributed by atoms with Crippen molar-refractivity contribution in [3.05, 3.63) is 35.4 Å². The molecule has 8 heteroatoms. The number of thioether (sulfide) groups is 1. The monoisotopic (exact) mass is 321 g/mol. The summed E-state index contributed by atoms with van der Waals surface area (Å²) in [6.07, 6.45) is -3.26. The standard InChI is InChI=1S/C13H14F3NO3S/c1-12(11(19)20,13(14,15)16)17-10(18)9-5-3-4-8(6-9)7-21-2/h3-6H,7H2,1-2H3,(H,17,18)(H,19,20). The number of benzene rings is 1. The van der Waals surface area contributed by atoms with Crippen LogP contribution in [-0.2, 0) is 10.5 Å². The molecule has 1 atom stereocenters. The Bertz CT molecular complexity index is 548. The summed E-state index contributed by atoms with van der Waals surface area (Å²) < 4.78 is 38.5. The molecular weight excluding hydrogens is 307 g/mol. The second-order valence-electron chi connectivity index (χ2n) is 4.52. The van der Waals surface area contributed by atoms with Crippen molar-refractivity contribution in [3.63, 3.8) is 0 Å². The summed E-state index contributed by atoms with van der Waals surface area (Å²) >= 11 is 1.49. The first kappa shape index (κ1) is 17.4. The van der Waals surface area contributed by atoms with Gasteiger partial charge in [0.1, 0.15) is 0 Å². The number of halogens is 3. The number of aliphatic carboxylic acids is 1. The van der Waals surface area contributed by atoms with Crippen LogP contribution in [0.4, 0.5) is 13.2 Å². The van der Waals surface area contributed by atoms with Crippen LogP contribution in [-0.4, -0.2) is 35.0 Å². The fourth-order valence-electron chi connectivity index (χ4n) is 1.51. The fourth-order valence-corrected chi connectivity index (χ4v) is 2.03. The number of carbonyl (C=O) groups is 2. The van der Waals surface area contributed by atoms with E-state index in [0.717, 1.165) is 5.56 Å². The van der Waals surface area contributed by atoms with E-state index in [2.05, 4.69) is 0 Å². The van der Waals surface area contributed by atoms with E-state index >= 15 is 0 Å². The molecule has 1 aromatic carbocycles. The molecule has 1 aromatic rings. The average Bonchev–Trinajstić information content (AvgIpc) is 2.37. The van der Waals surface area contributed by atoms with Crippen LogP contribution >= 0.6 is 11.8 Å². The highest BCUT2D eigenvalue weighted by atomic mass is 32.2. The molecule has 0 saturated carbocycles. The molecule has 0 fully saturated rings. The van der Waals surface area contributed by atoms with E-state index in [0.29, 0.717) is 12.7 Å². The predicted octanol–water partition coefficient (Wildman–Crippen LogP) is 2.69. The molecular formula is C13H14F3NO3S. The lowest BCUT2D eigenvalue weighted by molar-refractivity contribution is -0.203. The summed E-state index contributed by atoms with van der Waals surface area (Å²) in [5, 5.41) is 10.3. The third kappa shape index (κ3) is 3.90. The molecule has 21 heavy (non-hydrogen) atoms. The van der Waals surface area contributed by atoms with Gasteiger partial charge in [-0.15, -0.1) is 0 Å². The number of hydrogen-bond acceptors (Lipinski definition) is 3. The van der Waals surface area contributed by atoms with Gasteiger partial charge in [-0.3, -0.25) is 4.79 Å². The van der Waals surface area contributed by atoms with Gasteiger partial charge in [-0.1, -0.05) is 12.1 Å². The number of carboxylic acids is 1. The van der Waals surface area contributed by atoms with Crippen molar-refractivity contribution in [1.82, 2.24) is 5.32 Å². The van der Waals surface area contributed by atoms with Gasteiger partial charge in [-0.25, -0.2) is 4.79 Å². The van der Waals surface area contributed by atoms with E-state index < -0.39 is 23.6 Å². The molecule has 0 bridgehead atoms. The van der Waals surface area contributed by atoms with Gasteiger partial charge >= 0.3 is 12.1 Å². The fraction of sp³-hybridized carbons (Fsp3) is 0.385. The molecule has 2 N–H and O–H groups in total. The van der Waals surface area contributed by atoms with Gasteiger partial charge in [-0.05, 0) is 30.9 Å². The molecule has 1 rings (SSSR count). The molecule has 0 aromatic heterocycles. The third-order valence-electron chi connectivity index (χ3n) is 2.86. The number of hydrogen-bond donors (Lipinski definition) is 2. The van der Waals surface area contributed by atoms with Crippen LogP contribution in [0.2, 0.25) is 0 Å². The molecule has 0 heterocycles. The molecule has 0 radical (unpaired) electrons. The summed E-state index contributed by atoms with van der Waals surface area (Å²) in [6.45, 7) is 0.416. The van der Waals surface area contributed by atoms with E-state index in [9.17, 15) is 22.8 Å².